The minimum absolute atomic E-state index is 0.759. The van der Waals surface area contributed by atoms with Crippen LogP contribution in [0.2, 0.25) is 0 Å². The lowest BCUT2D eigenvalue weighted by molar-refractivity contribution is 0.321. The summed E-state index contributed by atoms with van der Waals surface area (Å²) in [5.74, 6) is 1.01. The Balaban J connectivity index is 1.55. The van der Waals surface area contributed by atoms with Gasteiger partial charge in [-0.3, -0.25) is 0 Å². The largest absolute Gasteiger partial charge is 0.493 e. The number of ether oxygens (including phenoxy) is 1. The molecular formula is C23H26N2O. The van der Waals surface area contributed by atoms with Crippen LogP contribution in [0.3, 0.4) is 0 Å². The molecule has 134 valence electrons. The number of rotatable bonds is 5. The van der Waals surface area contributed by atoms with Gasteiger partial charge >= 0.3 is 0 Å². The number of piperazine rings is 1. The zero-order valence-corrected chi connectivity index (χ0v) is 15.4. The molecule has 0 atom stereocenters. The number of benzene rings is 3. The maximum Gasteiger partial charge on any atom is 0.129 e. The summed E-state index contributed by atoms with van der Waals surface area (Å²) in [6, 6.07) is 23.7. The summed E-state index contributed by atoms with van der Waals surface area (Å²) in [7, 11) is 0. The summed E-state index contributed by atoms with van der Waals surface area (Å²) in [5, 5.41) is 2.45. The highest BCUT2D eigenvalue weighted by atomic mass is 16.5. The molecule has 1 aliphatic heterocycles. The normalized spacial score (nSPS) is 14.7. The molecule has 4 rings (SSSR count). The second kappa shape index (κ2) is 7.69. The predicted octanol–water partition coefficient (Wildman–Crippen LogP) is 4.96. The topological polar surface area (TPSA) is 15.7 Å². The first-order chi connectivity index (χ1) is 12.8. The average Bonchev–Trinajstić information content (AvgIpc) is 2.72. The smallest absolute Gasteiger partial charge is 0.129 e. The Kier molecular flexibility index (Phi) is 4.96. The van der Waals surface area contributed by atoms with Gasteiger partial charge in [0, 0.05) is 49.0 Å². The Bertz CT molecular complexity index is 854. The van der Waals surface area contributed by atoms with E-state index < -0.39 is 0 Å². The van der Waals surface area contributed by atoms with Crippen molar-refractivity contribution in [1.29, 1.82) is 0 Å². The van der Waals surface area contributed by atoms with Crippen molar-refractivity contribution in [3.63, 3.8) is 0 Å². The Labute approximate surface area is 155 Å². The molecule has 0 aromatic heterocycles. The molecule has 3 nitrogen and oxygen atoms in total. The molecule has 0 saturated carbocycles. The van der Waals surface area contributed by atoms with Crippen LogP contribution in [0.15, 0.2) is 66.7 Å². The minimum Gasteiger partial charge on any atom is -0.493 e. The van der Waals surface area contributed by atoms with Crippen LogP contribution in [0, 0.1) is 0 Å². The van der Waals surface area contributed by atoms with Gasteiger partial charge in [0.1, 0.15) is 5.75 Å². The predicted molar refractivity (Wildman–Crippen MR) is 111 cm³/mol. The van der Waals surface area contributed by atoms with Crippen molar-refractivity contribution in [1.82, 2.24) is 0 Å². The van der Waals surface area contributed by atoms with E-state index in [1.54, 1.807) is 0 Å². The maximum absolute atomic E-state index is 6.05. The Morgan fingerprint density at radius 3 is 2.15 bits per heavy atom. The molecule has 3 aromatic rings. The molecule has 26 heavy (non-hydrogen) atoms. The van der Waals surface area contributed by atoms with Crippen LogP contribution in [0.4, 0.5) is 11.4 Å². The third-order valence-corrected chi connectivity index (χ3v) is 5.04. The van der Waals surface area contributed by atoms with Crippen molar-refractivity contribution in [2.75, 3.05) is 42.6 Å². The van der Waals surface area contributed by atoms with Crippen LogP contribution >= 0.6 is 0 Å². The van der Waals surface area contributed by atoms with Gasteiger partial charge in [-0.1, -0.05) is 49.4 Å². The second-order valence-corrected chi connectivity index (χ2v) is 6.82. The van der Waals surface area contributed by atoms with Gasteiger partial charge in [-0.15, -0.1) is 0 Å². The molecule has 0 aliphatic carbocycles. The van der Waals surface area contributed by atoms with E-state index in [9.17, 15) is 0 Å². The molecule has 1 saturated heterocycles. The summed E-state index contributed by atoms with van der Waals surface area (Å²) < 4.78 is 6.05. The second-order valence-electron chi connectivity index (χ2n) is 6.82. The number of nitrogens with zero attached hydrogens (tertiary/aromatic N) is 2. The van der Waals surface area contributed by atoms with E-state index >= 15 is 0 Å². The fourth-order valence-electron chi connectivity index (χ4n) is 3.64. The fourth-order valence-corrected chi connectivity index (χ4v) is 3.64. The van der Waals surface area contributed by atoms with E-state index in [0.717, 1.165) is 45.0 Å². The SMILES string of the molecule is CCCOc1cc(N2CCN(c3ccccc3)CC2)cc2ccccc12. The lowest BCUT2D eigenvalue weighted by Gasteiger charge is -2.37. The van der Waals surface area contributed by atoms with E-state index in [1.807, 2.05) is 0 Å². The Hall–Kier alpha value is -2.68. The van der Waals surface area contributed by atoms with E-state index in [-0.39, 0.29) is 0 Å². The van der Waals surface area contributed by atoms with Crippen LogP contribution in [0.25, 0.3) is 10.8 Å². The summed E-state index contributed by atoms with van der Waals surface area (Å²) in [6.07, 6.45) is 1.02. The lowest BCUT2D eigenvalue weighted by Crippen LogP contribution is -2.46. The highest BCUT2D eigenvalue weighted by Gasteiger charge is 2.18. The molecular weight excluding hydrogens is 320 g/mol. The average molecular weight is 346 g/mol. The standard InChI is InChI=1S/C23H26N2O/c1-2-16-26-23-18-21(17-19-8-6-7-11-22(19)23)25-14-12-24(13-15-25)20-9-4-3-5-10-20/h3-11,17-18H,2,12-16H2,1H3. The Morgan fingerprint density at radius 1 is 0.769 bits per heavy atom. The number of fused-ring (bicyclic) bond motifs is 1. The molecule has 0 bridgehead atoms. The van der Waals surface area contributed by atoms with Gasteiger partial charge in [0.2, 0.25) is 0 Å². The van der Waals surface area contributed by atoms with Crippen molar-refractivity contribution in [2.45, 2.75) is 13.3 Å². The minimum atomic E-state index is 0.759. The summed E-state index contributed by atoms with van der Waals surface area (Å²) in [4.78, 5) is 4.94. The maximum atomic E-state index is 6.05. The van der Waals surface area contributed by atoms with E-state index in [4.69, 9.17) is 4.74 Å². The quantitative estimate of drug-likeness (QED) is 0.650. The van der Waals surface area contributed by atoms with E-state index in [2.05, 4.69) is 83.5 Å². The number of anilines is 2. The van der Waals surface area contributed by atoms with Crippen LogP contribution in [-0.2, 0) is 0 Å². The molecule has 0 unspecified atom stereocenters. The molecule has 0 spiro atoms. The van der Waals surface area contributed by atoms with Crippen LogP contribution in [0.1, 0.15) is 13.3 Å². The zero-order chi connectivity index (χ0) is 17.8. The van der Waals surface area contributed by atoms with Crippen molar-refractivity contribution in [2.24, 2.45) is 0 Å². The molecule has 1 heterocycles. The van der Waals surface area contributed by atoms with Crippen molar-refractivity contribution in [3.05, 3.63) is 66.7 Å². The van der Waals surface area contributed by atoms with E-state index in [0.29, 0.717) is 0 Å². The van der Waals surface area contributed by atoms with Gasteiger partial charge in [0.05, 0.1) is 6.61 Å². The molecule has 3 heteroatoms. The molecule has 0 amide bonds. The highest BCUT2D eigenvalue weighted by Crippen LogP contribution is 2.32. The third-order valence-electron chi connectivity index (χ3n) is 5.04. The molecule has 3 aromatic carbocycles. The summed E-state index contributed by atoms with van der Waals surface area (Å²) in [5.41, 5.74) is 2.58. The number of hydrogen-bond acceptors (Lipinski definition) is 3. The van der Waals surface area contributed by atoms with Crippen LogP contribution < -0.4 is 14.5 Å². The van der Waals surface area contributed by atoms with Crippen molar-refractivity contribution < 1.29 is 4.74 Å². The first kappa shape index (κ1) is 16.8. The molecule has 1 fully saturated rings. The van der Waals surface area contributed by atoms with Gasteiger partial charge in [0.15, 0.2) is 0 Å². The van der Waals surface area contributed by atoms with Crippen LogP contribution in [0.5, 0.6) is 5.75 Å². The van der Waals surface area contributed by atoms with Gasteiger partial charge in [-0.25, -0.2) is 0 Å². The van der Waals surface area contributed by atoms with Crippen LogP contribution in [-0.4, -0.2) is 32.8 Å². The van der Waals surface area contributed by atoms with Gasteiger partial charge in [-0.05, 0) is 30.0 Å². The molecule has 1 aliphatic rings. The highest BCUT2D eigenvalue weighted by molar-refractivity contribution is 5.91. The third kappa shape index (κ3) is 3.48. The zero-order valence-electron chi connectivity index (χ0n) is 15.4. The lowest BCUT2D eigenvalue weighted by atomic mass is 10.1. The summed E-state index contributed by atoms with van der Waals surface area (Å²) in [6.45, 7) is 7.05. The van der Waals surface area contributed by atoms with E-state index in [1.165, 1.54) is 22.1 Å². The number of hydrogen-bond donors (Lipinski definition) is 0. The monoisotopic (exact) mass is 346 g/mol. The molecule has 0 N–H and O–H groups in total. The van der Waals surface area contributed by atoms with Crippen molar-refractivity contribution >= 4 is 22.1 Å². The molecule has 0 radical (unpaired) electrons. The van der Waals surface area contributed by atoms with Gasteiger partial charge < -0.3 is 14.5 Å². The van der Waals surface area contributed by atoms with Gasteiger partial charge in [-0.2, -0.15) is 0 Å². The first-order valence-electron chi connectivity index (χ1n) is 9.55. The van der Waals surface area contributed by atoms with Crippen molar-refractivity contribution in [3.8, 4) is 5.75 Å². The Morgan fingerprint density at radius 2 is 1.42 bits per heavy atom. The van der Waals surface area contributed by atoms with Gasteiger partial charge in [0.25, 0.3) is 0 Å². The summed E-state index contributed by atoms with van der Waals surface area (Å²) >= 11 is 0. The number of para-hydroxylation sites is 1. The first-order valence-corrected chi connectivity index (χ1v) is 9.55. The fraction of sp³-hybridized carbons (Fsp3) is 0.304.